The van der Waals surface area contributed by atoms with Crippen LogP contribution in [0.2, 0.25) is 0 Å². The van der Waals surface area contributed by atoms with Gasteiger partial charge in [-0.2, -0.15) is 0 Å². The number of aromatic nitrogens is 2. The van der Waals surface area contributed by atoms with E-state index < -0.39 is 10.8 Å². The van der Waals surface area contributed by atoms with E-state index in [-0.39, 0.29) is 27.3 Å². The van der Waals surface area contributed by atoms with E-state index in [0.29, 0.717) is 0 Å². The quantitative estimate of drug-likeness (QED) is 0.641. The molecular formula is C10H9N5O4S. The summed E-state index contributed by atoms with van der Waals surface area (Å²) in [6.07, 6.45) is 0. The number of hydrogen-bond acceptors (Lipinski definition) is 8. The van der Waals surface area contributed by atoms with Gasteiger partial charge in [0.2, 0.25) is 10.3 Å². The molecule has 104 valence electrons. The van der Waals surface area contributed by atoms with Crippen LogP contribution in [0.1, 0.15) is 10.4 Å². The second kappa shape index (κ2) is 5.48. The lowest BCUT2D eigenvalue weighted by Gasteiger charge is -2.05. The van der Waals surface area contributed by atoms with Gasteiger partial charge >= 0.3 is 5.69 Å². The van der Waals surface area contributed by atoms with Crippen molar-refractivity contribution in [2.75, 3.05) is 18.2 Å². The molecule has 0 aliphatic heterocycles. The van der Waals surface area contributed by atoms with E-state index >= 15 is 0 Å². The molecule has 3 N–H and O–H groups in total. The van der Waals surface area contributed by atoms with Gasteiger partial charge in [-0.3, -0.25) is 20.2 Å². The molecule has 1 aromatic carbocycles. The van der Waals surface area contributed by atoms with Crippen LogP contribution in [-0.2, 0) is 0 Å². The zero-order chi connectivity index (χ0) is 14.7. The van der Waals surface area contributed by atoms with Crippen LogP contribution in [0.15, 0.2) is 18.2 Å². The molecule has 0 aliphatic rings. The van der Waals surface area contributed by atoms with Gasteiger partial charge in [0.25, 0.3) is 5.91 Å². The third kappa shape index (κ3) is 2.80. The number of nitrogens with two attached hydrogens (primary N) is 1. The number of nitro groups is 1. The number of nitrogens with one attached hydrogen (secondary N) is 1. The van der Waals surface area contributed by atoms with E-state index in [9.17, 15) is 14.9 Å². The molecule has 0 aliphatic carbocycles. The number of ether oxygens (including phenoxy) is 1. The van der Waals surface area contributed by atoms with Crippen LogP contribution in [0.25, 0.3) is 0 Å². The highest BCUT2D eigenvalue weighted by molar-refractivity contribution is 7.19. The summed E-state index contributed by atoms with van der Waals surface area (Å²) in [7, 11) is 1.29. The molecule has 0 radical (unpaired) electrons. The van der Waals surface area contributed by atoms with Gasteiger partial charge in [-0.25, -0.2) is 0 Å². The van der Waals surface area contributed by atoms with Crippen LogP contribution in [0.3, 0.4) is 0 Å². The highest BCUT2D eigenvalue weighted by atomic mass is 32.1. The Morgan fingerprint density at radius 3 is 2.80 bits per heavy atom. The molecule has 0 bridgehead atoms. The summed E-state index contributed by atoms with van der Waals surface area (Å²) in [4.78, 5) is 22.1. The lowest BCUT2D eigenvalue weighted by molar-refractivity contribution is -0.385. The maximum Gasteiger partial charge on any atom is 0.310 e. The standard InChI is InChI=1S/C10H9N5O4S/c1-19-7-4-5(2-3-6(7)15(17)18)8(16)12-10-14-13-9(11)20-10/h2-4H,1H3,(H2,11,13)(H,12,14,16). The smallest absolute Gasteiger partial charge is 0.310 e. The molecule has 0 fully saturated rings. The third-order valence-electron chi connectivity index (χ3n) is 2.30. The van der Waals surface area contributed by atoms with E-state index in [0.717, 1.165) is 11.3 Å². The zero-order valence-electron chi connectivity index (χ0n) is 10.2. The molecule has 1 amide bonds. The number of anilines is 2. The fourth-order valence-electron chi connectivity index (χ4n) is 1.42. The molecule has 0 saturated carbocycles. The molecule has 1 heterocycles. The molecule has 0 unspecified atom stereocenters. The van der Waals surface area contributed by atoms with E-state index in [4.69, 9.17) is 10.5 Å². The fourth-order valence-corrected chi connectivity index (χ4v) is 1.93. The first-order valence-corrected chi connectivity index (χ1v) is 6.05. The number of nitro benzene ring substituents is 1. The summed E-state index contributed by atoms with van der Waals surface area (Å²) < 4.78 is 4.88. The van der Waals surface area contributed by atoms with Crippen molar-refractivity contribution in [3.63, 3.8) is 0 Å². The second-order valence-corrected chi connectivity index (χ2v) is 4.55. The number of carbonyl (C=O) groups is 1. The Morgan fingerprint density at radius 2 is 2.25 bits per heavy atom. The van der Waals surface area contributed by atoms with Gasteiger partial charge in [0.05, 0.1) is 12.0 Å². The van der Waals surface area contributed by atoms with Crippen molar-refractivity contribution in [2.24, 2.45) is 0 Å². The average Bonchev–Trinajstić information content (AvgIpc) is 2.83. The lowest BCUT2D eigenvalue weighted by atomic mass is 10.2. The van der Waals surface area contributed by atoms with Crippen LogP contribution >= 0.6 is 11.3 Å². The fraction of sp³-hybridized carbons (Fsp3) is 0.100. The normalized spacial score (nSPS) is 10.1. The minimum Gasteiger partial charge on any atom is -0.490 e. The highest BCUT2D eigenvalue weighted by Gasteiger charge is 2.18. The Kier molecular flexibility index (Phi) is 3.75. The summed E-state index contributed by atoms with van der Waals surface area (Å²) in [6.45, 7) is 0. The molecule has 2 aromatic rings. The summed E-state index contributed by atoms with van der Waals surface area (Å²) >= 11 is 1.01. The van der Waals surface area contributed by atoms with E-state index in [1.807, 2.05) is 0 Å². The monoisotopic (exact) mass is 295 g/mol. The number of nitrogen functional groups attached to an aromatic ring is 1. The Morgan fingerprint density at radius 1 is 1.50 bits per heavy atom. The number of nitrogens with zero attached hydrogens (tertiary/aromatic N) is 3. The lowest BCUT2D eigenvalue weighted by Crippen LogP contribution is -2.12. The zero-order valence-corrected chi connectivity index (χ0v) is 11.0. The van der Waals surface area contributed by atoms with Gasteiger partial charge < -0.3 is 10.5 Å². The van der Waals surface area contributed by atoms with Gasteiger partial charge in [0.1, 0.15) is 0 Å². The molecule has 20 heavy (non-hydrogen) atoms. The predicted octanol–water partition coefficient (Wildman–Crippen LogP) is 1.29. The first-order valence-electron chi connectivity index (χ1n) is 5.24. The highest BCUT2D eigenvalue weighted by Crippen LogP contribution is 2.28. The molecule has 0 spiro atoms. The molecule has 2 rings (SSSR count). The molecule has 0 atom stereocenters. The first kappa shape index (κ1) is 13.7. The van der Waals surface area contributed by atoms with Crippen LogP contribution < -0.4 is 15.8 Å². The number of hydrogen-bond donors (Lipinski definition) is 2. The Balaban J connectivity index is 2.24. The van der Waals surface area contributed by atoms with Crippen molar-refractivity contribution >= 4 is 33.2 Å². The summed E-state index contributed by atoms with van der Waals surface area (Å²) in [5, 5.41) is 20.9. The second-order valence-electron chi connectivity index (χ2n) is 3.54. The van der Waals surface area contributed by atoms with Crippen LogP contribution in [0.5, 0.6) is 5.75 Å². The molecule has 10 heteroatoms. The van der Waals surface area contributed by atoms with E-state index in [1.54, 1.807) is 0 Å². The Hall–Kier alpha value is -2.75. The van der Waals surface area contributed by atoms with Crippen LogP contribution in [-0.4, -0.2) is 28.1 Å². The minimum absolute atomic E-state index is 0.000530. The number of rotatable bonds is 4. The van der Waals surface area contributed by atoms with Crippen molar-refractivity contribution in [1.29, 1.82) is 0 Å². The Labute approximate surface area is 116 Å². The molecule has 9 nitrogen and oxygen atoms in total. The SMILES string of the molecule is COc1cc(C(=O)Nc2nnc(N)s2)ccc1[N+](=O)[O-]. The van der Waals surface area contributed by atoms with Gasteiger partial charge in [-0.15, -0.1) is 10.2 Å². The van der Waals surface area contributed by atoms with E-state index in [1.165, 1.54) is 25.3 Å². The Bertz CT molecular complexity index is 671. The summed E-state index contributed by atoms with van der Waals surface area (Å²) in [6, 6.07) is 3.79. The van der Waals surface area contributed by atoms with Crippen molar-refractivity contribution in [1.82, 2.24) is 10.2 Å². The average molecular weight is 295 g/mol. The number of amides is 1. The van der Waals surface area contributed by atoms with Crippen LogP contribution in [0.4, 0.5) is 16.0 Å². The van der Waals surface area contributed by atoms with Gasteiger partial charge in [0.15, 0.2) is 5.75 Å². The topological polar surface area (TPSA) is 133 Å². The van der Waals surface area contributed by atoms with Gasteiger partial charge in [-0.1, -0.05) is 11.3 Å². The maximum atomic E-state index is 11.9. The minimum atomic E-state index is -0.591. The predicted molar refractivity (Wildman–Crippen MR) is 71.9 cm³/mol. The summed E-state index contributed by atoms with van der Waals surface area (Å²) in [5.74, 6) is -0.492. The van der Waals surface area contributed by atoms with Crippen molar-refractivity contribution in [3.05, 3.63) is 33.9 Å². The number of methoxy groups -OCH3 is 1. The summed E-state index contributed by atoms with van der Waals surface area (Å²) in [5.41, 5.74) is 5.37. The van der Waals surface area contributed by atoms with Crippen molar-refractivity contribution in [3.8, 4) is 5.75 Å². The first-order chi connectivity index (χ1) is 9.51. The van der Waals surface area contributed by atoms with Crippen LogP contribution in [0, 0.1) is 10.1 Å². The molecule has 0 saturated heterocycles. The van der Waals surface area contributed by atoms with Crippen molar-refractivity contribution in [2.45, 2.75) is 0 Å². The number of carbonyl (C=O) groups excluding carboxylic acids is 1. The molecule has 1 aromatic heterocycles. The van der Waals surface area contributed by atoms with Gasteiger partial charge in [-0.05, 0) is 6.07 Å². The molecular weight excluding hydrogens is 286 g/mol. The largest absolute Gasteiger partial charge is 0.490 e. The van der Waals surface area contributed by atoms with Gasteiger partial charge in [0, 0.05) is 17.7 Å². The third-order valence-corrected chi connectivity index (χ3v) is 2.97. The maximum absolute atomic E-state index is 11.9. The number of benzene rings is 1. The van der Waals surface area contributed by atoms with Crippen molar-refractivity contribution < 1.29 is 14.5 Å². The van der Waals surface area contributed by atoms with E-state index in [2.05, 4.69) is 15.5 Å².